The quantitative estimate of drug-likeness (QED) is 0.656. The number of ether oxygens (including phenoxy) is 1. The molecule has 74 valence electrons. The second-order valence-electron chi connectivity index (χ2n) is 3.60. The van der Waals surface area contributed by atoms with Crippen molar-refractivity contribution in [2.45, 2.75) is 25.2 Å². The summed E-state index contributed by atoms with van der Waals surface area (Å²) in [5, 5.41) is 0. The van der Waals surface area contributed by atoms with Crippen LogP contribution in [0.5, 0.6) is 0 Å². The van der Waals surface area contributed by atoms with Crippen molar-refractivity contribution in [3.05, 3.63) is 23.8 Å². The Balaban J connectivity index is 2.35. The molecule has 4 heteroatoms. The number of nitrogens with zero attached hydrogens (tertiary/aromatic N) is 2. The molecule has 4 nitrogen and oxygen atoms in total. The van der Waals surface area contributed by atoms with E-state index in [4.69, 9.17) is 4.74 Å². The second-order valence-corrected chi connectivity index (χ2v) is 3.60. The fourth-order valence-electron chi connectivity index (χ4n) is 1.52. The first-order valence-corrected chi connectivity index (χ1v) is 4.57. The summed E-state index contributed by atoms with van der Waals surface area (Å²) in [6.07, 6.45) is 3.27. The molecule has 1 heterocycles. The zero-order chi connectivity index (χ0) is 10.2. The number of rotatable bonds is 2. The van der Waals surface area contributed by atoms with Crippen LogP contribution in [0.3, 0.4) is 0 Å². The Bertz CT molecular complexity index is 372. The molecule has 0 radical (unpaired) electrons. The lowest BCUT2D eigenvalue weighted by atomic mass is 10.1. The third-order valence-corrected chi connectivity index (χ3v) is 2.55. The molecule has 1 aromatic heterocycles. The fourth-order valence-corrected chi connectivity index (χ4v) is 1.52. The second kappa shape index (κ2) is 3.04. The van der Waals surface area contributed by atoms with E-state index in [-0.39, 0.29) is 5.97 Å². The lowest BCUT2D eigenvalue weighted by Gasteiger charge is -2.10. The molecule has 1 aliphatic rings. The number of methoxy groups -OCH3 is 1. The van der Waals surface area contributed by atoms with Gasteiger partial charge in [-0.15, -0.1) is 0 Å². The summed E-state index contributed by atoms with van der Waals surface area (Å²) in [6, 6.07) is 1.82. The minimum atomic E-state index is -0.541. The van der Waals surface area contributed by atoms with Crippen LogP contribution in [-0.2, 0) is 14.9 Å². The van der Waals surface area contributed by atoms with Crippen molar-refractivity contribution in [2.24, 2.45) is 0 Å². The monoisotopic (exact) mass is 192 g/mol. The zero-order valence-electron chi connectivity index (χ0n) is 8.28. The highest BCUT2D eigenvalue weighted by atomic mass is 16.5. The van der Waals surface area contributed by atoms with Gasteiger partial charge in [-0.1, -0.05) is 0 Å². The van der Waals surface area contributed by atoms with Gasteiger partial charge in [-0.3, -0.25) is 4.79 Å². The Morgan fingerprint density at radius 1 is 1.57 bits per heavy atom. The van der Waals surface area contributed by atoms with Gasteiger partial charge in [0.05, 0.1) is 7.11 Å². The van der Waals surface area contributed by atoms with Crippen LogP contribution in [-0.4, -0.2) is 23.0 Å². The van der Waals surface area contributed by atoms with Crippen molar-refractivity contribution in [1.29, 1.82) is 0 Å². The van der Waals surface area contributed by atoms with Crippen molar-refractivity contribution in [3.8, 4) is 0 Å². The van der Waals surface area contributed by atoms with E-state index in [0.29, 0.717) is 5.82 Å². The number of carbonyl (C=O) groups excluding carboxylic acids is 1. The Kier molecular flexibility index (Phi) is 1.98. The summed E-state index contributed by atoms with van der Waals surface area (Å²) in [5.74, 6) is 0.382. The standard InChI is InChI=1S/C10H12N2O2/c1-7-3-6-11-8(12-7)10(4-5-10)9(13)14-2/h3,6H,4-5H2,1-2H3. The van der Waals surface area contributed by atoms with Gasteiger partial charge in [0.1, 0.15) is 11.2 Å². The smallest absolute Gasteiger partial charge is 0.319 e. The molecule has 0 unspecified atom stereocenters. The Labute approximate surface area is 82.3 Å². The molecule has 0 aliphatic heterocycles. The zero-order valence-corrected chi connectivity index (χ0v) is 8.28. The lowest BCUT2D eigenvalue weighted by molar-refractivity contribution is -0.143. The third kappa shape index (κ3) is 1.27. The van der Waals surface area contributed by atoms with Gasteiger partial charge in [0.25, 0.3) is 0 Å². The summed E-state index contributed by atoms with van der Waals surface area (Å²) < 4.78 is 4.75. The summed E-state index contributed by atoms with van der Waals surface area (Å²) in [4.78, 5) is 19.9. The lowest BCUT2D eigenvalue weighted by Crippen LogP contribution is -2.24. The maximum Gasteiger partial charge on any atom is 0.319 e. The molecule has 1 fully saturated rings. The van der Waals surface area contributed by atoms with E-state index in [1.807, 2.05) is 13.0 Å². The van der Waals surface area contributed by atoms with Gasteiger partial charge in [-0.05, 0) is 25.8 Å². The maximum absolute atomic E-state index is 11.5. The average Bonchev–Trinajstić information content (AvgIpc) is 2.97. The van der Waals surface area contributed by atoms with Gasteiger partial charge in [0, 0.05) is 11.9 Å². The van der Waals surface area contributed by atoms with E-state index in [0.717, 1.165) is 18.5 Å². The molecule has 2 rings (SSSR count). The predicted octanol–water partition coefficient (Wildman–Crippen LogP) is 0.990. The molecular weight excluding hydrogens is 180 g/mol. The molecule has 0 bridgehead atoms. The number of hydrogen-bond acceptors (Lipinski definition) is 4. The molecule has 0 saturated heterocycles. The van der Waals surface area contributed by atoms with Crippen LogP contribution in [0.2, 0.25) is 0 Å². The minimum absolute atomic E-state index is 0.219. The van der Waals surface area contributed by atoms with Crippen LogP contribution in [0.1, 0.15) is 24.4 Å². The normalized spacial score (nSPS) is 17.6. The fraction of sp³-hybridized carbons (Fsp3) is 0.500. The van der Waals surface area contributed by atoms with Crippen LogP contribution >= 0.6 is 0 Å². The third-order valence-electron chi connectivity index (χ3n) is 2.55. The Morgan fingerprint density at radius 2 is 2.29 bits per heavy atom. The maximum atomic E-state index is 11.5. The van der Waals surface area contributed by atoms with E-state index in [2.05, 4.69) is 9.97 Å². The molecule has 1 aromatic rings. The highest BCUT2D eigenvalue weighted by molar-refractivity contribution is 5.85. The first kappa shape index (κ1) is 9.12. The van der Waals surface area contributed by atoms with Gasteiger partial charge in [-0.2, -0.15) is 0 Å². The van der Waals surface area contributed by atoms with Crippen molar-refractivity contribution >= 4 is 5.97 Å². The van der Waals surface area contributed by atoms with Crippen LogP contribution in [0, 0.1) is 6.92 Å². The molecule has 0 spiro atoms. The number of carbonyl (C=O) groups is 1. The molecule has 1 aliphatic carbocycles. The Hall–Kier alpha value is -1.45. The van der Waals surface area contributed by atoms with E-state index in [1.165, 1.54) is 7.11 Å². The number of aryl methyl sites for hydroxylation is 1. The van der Waals surface area contributed by atoms with Crippen molar-refractivity contribution in [2.75, 3.05) is 7.11 Å². The van der Waals surface area contributed by atoms with Gasteiger partial charge in [0.15, 0.2) is 0 Å². The molecule has 0 amide bonds. The topological polar surface area (TPSA) is 52.1 Å². The average molecular weight is 192 g/mol. The molecule has 0 atom stereocenters. The van der Waals surface area contributed by atoms with Gasteiger partial charge in [-0.25, -0.2) is 9.97 Å². The number of esters is 1. The molecule has 0 aromatic carbocycles. The van der Waals surface area contributed by atoms with E-state index in [9.17, 15) is 4.79 Å². The highest BCUT2D eigenvalue weighted by Gasteiger charge is 2.55. The minimum Gasteiger partial charge on any atom is -0.468 e. The largest absolute Gasteiger partial charge is 0.468 e. The van der Waals surface area contributed by atoms with Gasteiger partial charge >= 0.3 is 5.97 Å². The SMILES string of the molecule is COC(=O)C1(c2nccc(C)n2)CC1. The summed E-state index contributed by atoms with van der Waals surface area (Å²) in [7, 11) is 1.40. The first-order chi connectivity index (χ1) is 6.69. The summed E-state index contributed by atoms with van der Waals surface area (Å²) in [5.41, 5.74) is 0.339. The number of hydrogen-bond donors (Lipinski definition) is 0. The van der Waals surface area contributed by atoms with Crippen LogP contribution in [0.4, 0.5) is 0 Å². The van der Waals surface area contributed by atoms with Crippen molar-refractivity contribution < 1.29 is 9.53 Å². The van der Waals surface area contributed by atoms with Gasteiger partial charge < -0.3 is 4.74 Å². The van der Waals surface area contributed by atoms with E-state index in [1.54, 1.807) is 6.20 Å². The van der Waals surface area contributed by atoms with Gasteiger partial charge in [0.2, 0.25) is 0 Å². The van der Waals surface area contributed by atoms with E-state index >= 15 is 0 Å². The highest BCUT2D eigenvalue weighted by Crippen LogP contribution is 2.47. The summed E-state index contributed by atoms with van der Waals surface area (Å²) in [6.45, 7) is 1.89. The van der Waals surface area contributed by atoms with Crippen LogP contribution in [0.15, 0.2) is 12.3 Å². The van der Waals surface area contributed by atoms with Crippen molar-refractivity contribution in [3.63, 3.8) is 0 Å². The summed E-state index contributed by atoms with van der Waals surface area (Å²) >= 11 is 0. The van der Waals surface area contributed by atoms with Crippen LogP contribution < -0.4 is 0 Å². The predicted molar refractivity (Wildman–Crippen MR) is 49.7 cm³/mol. The molecule has 0 N–H and O–H groups in total. The Morgan fingerprint density at radius 3 is 2.79 bits per heavy atom. The van der Waals surface area contributed by atoms with Crippen molar-refractivity contribution in [1.82, 2.24) is 9.97 Å². The van der Waals surface area contributed by atoms with E-state index < -0.39 is 5.41 Å². The van der Waals surface area contributed by atoms with Crippen LogP contribution in [0.25, 0.3) is 0 Å². The molecular formula is C10H12N2O2. The first-order valence-electron chi connectivity index (χ1n) is 4.57. The number of aromatic nitrogens is 2. The molecule has 14 heavy (non-hydrogen) atoms. The molecule has 1 saturated carbocycles.